The van der Waals surface area contributed by atoms with Crippen LogP contribution in [0.2, 0.25) is 0 Å². The van der Waals surface area contributed by atoms with Gasteiger partial charge in [-0.05, 0) is 41.3 Å². The Labute approximate surface area is 181 Å². The summed E-state index contributed by atoms with van der Waals surface area (Å²) >= 11 is 6.53. The second-order valence-electron chi connectivity index (χ2n) is 6.50. The first kappa shape index (κ1) is 19.9. The normalized spacial score (nSPS) is 16.2. The van der Waals surface area contributed by atoms with Crippen LogP contribution in [0.25, 0.3) is 0 Å². The van der Waals surface area contributed by atoms with Crippen LogP contribution in [0.1, 0.15) is 41.1 Å². The first-order valence-electron chi connectivity index (χ1n) is 9.35. The second kappa shape index (κ2) is 9.39. The third-order valence-electron chi connectivity index (χ3n) is 4.63. The fourth-order valence-electron chi connectivity index (χ4n) is 3.26. The van der Waals surface area contributed by atoms with Crippen molar-refractivity contribution in [1.82, 2.24) is 15.1 Å². The minimum Gasteiger partial charge on any atom is -0.360 e. The van der Waals surface area contributed by atoms with Crippen LogP contribution in [-0.4, -0.2) is 39.8 Å². The fraction of sp³-hybridized carbons (Fsp3) is 0.421. The molecule has 0 spiro atoms. The molecule has 0 radical (unpaired) electrons. The number of rotatable bonds is 8. The van der Waals surface area contributed by atoms with Gasteiger partial charge in [-0.2, -0.15) is 0 Å². The van der Waals surface area contributed by atoms with Gasteiger partial charge in [0, 0.05) is 22.8 Å². The fourth-order valence-corrected chi connectivity index (χ4v) is 6.68. The number of nitrogens with one attached hydrogen (secondary N) is 1. The van der Waals surface area contributed by atoms with Gasteiger partial charge >= 0.3 is 0 Å². The van der Waals surface area contributed by atoms with Crippen molar-refractivity contribution in [2.45, 2.75) is 36.6 Å². The summed E-state index contributed by atoms with van der Waals surface area (Å²) in [7, 11) is 0. The van der Waals surface area contributed by atoms with Crippen molar-refractivity contribution in [2.75, 3.05) is 24.2 Å². The lowest BCUT2D eigenvalue weighted by atomic mass is 9.98. The van der Waals surface area contributed by atoms with Crippen molar-refractivity contribution in [2.24, 2.45) is 0 Å². The number of thiophene rings is 2. The first-order valence-corrected chi connectivity index (χ1v) is 12.9. The number of carbonyl (C=O) groups is 1. The zero-order valence-electron chi connectivity index (χ0n) is 15.6. The molecule has 1 unspecified atom stereocenters. The van der Waals surface area contributed by atoms with Gasteiger partial charge in [0.25, 0.3) is 0 Å². The van der Waals surface area contributed by atoms with Gasteiger partial charge in [0.1, 0.15) is 0 Å². The maximum atomic E-state index is 13.1. The van der Waals surface area contributed by atoms with Gasteiger partial charge in [0.2, 0.25) is 11.0 Å². The summed E-state index contributed by atoms with van der Waals surface area (Å²) in [5.41, 5.74) is 1.29. The van der Waals surface area contributed by atoms with Crippen LogP contribution < -0.4 is 5.32 Å². The number of amides is 1. The molecule has 0 saturated carbocycles. The molecule has 4 rings (SSSR count). The molecule has 0 bridgehead atoms. The summed E-state index contributed by atoms with van der Waals surface area (Å²) in [5.74, 6) is 0.557. The number of aromatic nitrogens is 2. The minimum atomic E-state index is 0.0452. The molecule has 0 saturated heterocycles. The first-order chi connectivity index (χ1) is 13.8. The molecule has 1 atom stereocenters. The molecule has 4 heterocycles. The van der Waals surface area contributed by atoms with Crippen molar-refractivity contribution in [3.05, 3.63) is 44.3 Å². The lowest BCUT2D eigenvalue weighted by Crippen LogP contribution is -2.40. The number of fused-ring (bicyclic) bond motifs is 1. The van der Waals surface area contributed by atoms with Crippen molar-refractivity contribution in [3.8, 4) is 0 Å². The van der Waals surface area contributed by atoms with Gasteiger partial charge < -0.3 is 10.2 Å². The Kier molecular flexibility index (Phi) is 6.66. The van der Waals surface area contributed by atoms with E-state index < -0.39 is 0 Å². The van der Waals surface area contributed by atoms with Crippen LogP contribution in [0.15, 0.2) is 33.3 Å². The van der Waals surface area contributed by atoms with Crippen LogP contribution in [0.5, 0.6) is 0 Å². The molecule has 28 heavy (non-hydrogen) atoms. The van der Waals surface area contributed by atoms with Crippen LogP contribution in [0.4, 0.5) is 5.13 Å². The van der Waals surface area contributed by atoms with E-state index in [4.69, 9.17) is 0 Å². The molecule has 1 N–H and O–H groups in total. The van der Waals surface area contributed by atoms with E-state index in [-0.39, 0.29) is 11.9 Å². The topological polar surface area (TPSA) is 58.1 Å². The zero-order valence-corrected chi connectivity index (χ0v) is 18.9. The zero-order chi connectivity index (χ0) is 19.3. The standard InChI is InChI=1S/C19H22N4OS4/c1-2-3-8-20-18-21-22-19(28-18)27-12-16(24)23-9-6-14-13(7-11-26-14)17(23)15-5-4-10-25-15/h4-5,7,10-11,17H,2-3,6,8-9,12H2,1H3,(H,20,21). The van der Waals surface area contributed by atoms with Crippen molar-refractivity contribution < 1.29 is 4.79 Å². The molecule has 0 fully saturated rings. The van der Waals surface area contributed by atoms with E-state index >= 15 is 0 Å². The Balaban J connectivity index is 1.41. The molecule has 1 amide bonds. The number of carbonyl (C=O) groups excluding carboxylic acids is 1. The van der Waals surface area contributed by atoms with E-state index in [9.17, 15) is 4.79 Å². The molecular formula is C19H22N4OS4. The molecule has 3 aromatic heterocycles. The van der Waals surface area contributed by atoms with Crippen molar-refractivity contribution >= 4 is 56.8 Å². The number of anilines is 1. The highest BCUT2D eigenvalue weighted by atomic mass is 32.2. The van der Waals surface area contributed by atoms with Gasteiger partial charge in [-0.3, -0.25) is 4.79 Å². The maximum Gasteiger partial charge on any atom is 0.233 e. The molecule has 1 aliphatic rings. The summed E-state index contributed by atoms with van der Waals surface area (Å²) in [6.07, 6.45) is 3.20. The van der Waals surface area contributed by atoms with Crippen LogP contribution in [0.3, 0.4) is 0 Å². The van der Waals surface area contributed by atoms with Crippen molar-refractivity contribution in [1.29, 1.82) is 0 Å². The average molecular weight is 451 g/mol. The predicted molar refractivity (Wildman–Crippen MR) is 120 cm³/mol. The van der Waals surface area contributed by atoms with E-state index in [0.717, 1.165) is 41.8 Å². The van der Waals surface area contributed by atoms with Crippen LogP contribution in [0, 0.1) is 0 Å². The molecule has 1 aliphatic heterocycles. The lowest BCUT2D eigenvalue weighted by molar-refractivity contribution is -0.130. The lowest BCUT2D eigenvalue weighted by Gasteiger charge is -2.35. The Morgan fingerprint density at radius 1 is 1.32 bits per heavy atom. The predicted octanol–water partition coefficient (Wildman–Crippen LogP) is 5.14. The average Bonchev–Trinajstić information content (AvgIpc) is 3.46. The summed E-state index contributed by atoms with van der Waals surface area (Å²) in [5, 5.41) is 16.7. The highest BCUT2D eigenvalue weighted by Crippen LogP contribution is 2.40. The summed E-state index contributed by atoms with van der Waals surface area (Å²) < 4.78 is 0.841. The summed E-state index contributed by atoms with van der Waals surface area (Å²) in [6, 6.07) is 6.42. The maximum absolute atomic E-state index is 13.1. The Hall–Kier alpha value is -1.42. The van der Waals surface area contributed by atoms with E-state index in [1.165, 1.54) is 38.4 Å². The smallest absolute Gasteiger partial charge is 0.233 e. The molecular weight excluding hydrogens is 429 g/mol. The number of hydrogen-bond donors (Lipinski definition) is 1. The number of unbranched alkanes of at least 4 members (excludes halogenated alkanes) is 1. The second-order valence-corrected chi connectivity index (χ2v) is 10.7. The summed E-state index contributed by atoms with van der Waals surface area (Å²) in [4.78, 5) is 17.8. The quantitative estimate of drug-likeness (QED) is 0.380. The van der Waals surface area contributed by atoms with Crippen LogP contribution in [-0.2, 0) is 11.2 Å². The monoisotopic (exact) mass is 450 g/mol. The van der Waals surface area contributed by atoms with E-state index in [2.05, 4.69) is 51.4 Å². The largest absolute Gasteiger partial charge is 0.360 e. The molecule has 148 valence electrons. The van der Waals surface area contributed by atoms with Gasteiger partial charge in [0.15, 0.2) is 4.34 Å². The molecule has 5 nitrogen and oxygen atoms in total. The van der Waals surface area contributed by atoms with E-state index in [0.29, 0.717) is 5.75 Å². The number of hydrogen-bond acceptors (Lipinski definition) is 8. The number of nitrogens with zero attached hydrogens (tertiary/aromatic N) is 3. The number of thioether (sulfide) groups is 1. The van der Waals surface area contributed by atoms with Gasteiger partial charge in [-0.1, -0.05) is 42.5 Å². The Morgan fingerprint density at radius 2 is 2.25 bits per heavy atom. The molecule has 0 aromatic carbocycles. The Morgan fingerprint density at radius 3 is 3.07 bits per heavy atom. The van der Waals surface area contributed by atoms with E-state index in [1.807, 2.05) is 4.90 Å². The van der Waals surface area contributed by atoms with E-state index in [1.54, 1.807) is 22.7 Å². The third kappa shape index (κ3) is 4.42. The van der Waals surface area contributed by atoms with Gasteiger partial charge in [-0.25, -0.2) is 0 Å². The highest BCUT2D eigenvalue weighted by Gasteiger charge is 2.33. The van der Waals surface area contributed by atoms with Gasteiger partial charge in [-0.15, -0.1) is 32.9 Å². The molecule has 0 aliphatic carbocycles. The Bertz CT molecular complexity index is 905. The minimum absolute atomic E-state index is 0.0452. The van der Waals surface area contributed by atoms with Crippen LogP contribution >= 0.6 is 45.8 Å². The molecule has 9 heteroatoms. The third-order valence-corrected chi connectivity index (χ3v) is 8.55. The summed E-state index contributed by atoms with van der Waals surface area (Å²) in [6.45, 7) is 3.85. The van der Waals surface area contributed by atoms with Crippen molar-refractivity contribution in [3.63, 3.8) is 0 Å². The van der Waals surface area contributed by atoms with Gasteiger partial charge in [0.05, 0.1) is 11.8 Å². The highest BCUT2D eigenvalue weighted by molar-refractivity contribution is 8.01. The molecule has 3 aromatic rings. The SMILES string of the molecule is CCCCNc1nnc(SCC(=O)N2CCc3sccc3C2c2cccs2)s1.